The van der Waals surface area contributed by atoms with Gasteiger partial charge in [-0.3, -0.25) is 9.59 Å². The predicted octanol–water partition coefficient (Wildman–Crippen LogP) is 2.62. The normalized spacial score (nSPS) is 12.6. The van der Waals surface area contributed by atoms with Crippen molar-refractivity contribution in [3.05, 3.63) is 36.4 Å². The van der Waals surface area contributed by atoms with Crippen LogP contribution < -0.4 is 9.46 Å². The lowest BCUT2D eigenvalue weighted by molar-refractivity contribution is -0.140. The molecule has 2 rings (SSSR count). The van der Waals surface area contributed by atoms with Crippen molar-refractivity contribution in [2.45, 2.75) is 43.5 Å². The van der Waals surface area contributed by atoms with Gasteiger partial charge in [0.25, 0.3) is 0 Å². The molecule has 0 bridgehead atoms. The van der Waals surface area contributed by atoms with Gasteiger partial charge in [-0.25, -0.2) is 8.42 Å². The summed E-state index contributed by atoms with van der Waals surface area (Å²) in [7, 11) is -4.13. The van der Waals surface area contributed by atoms with Gasteiger partial charge in [0.15, 0.2) is 0 Å². The molecule has 0 aliphatic carbocycles. The van der Waals surface area contributed by atoms with E-state index in [1.54, 1.807) is 18.2 Å². The molecule has 8 nitrogen and oxygen atoms in total. The molecule has 152 valence electrons. The van der Waals surface area contributed by atoms with Crippen molar-refractivity contribution in [1.29, 1.82) is 0 Å². The number of benzene rings is 2. The number of unbranched alkanes of at least 4 members (excludes halogenated alkanes) is 1. The van der Waals surface area contributed by atoms with Crippen molar-refractivity contribution < 1.29 is 33.0 Å². The predicted molar refractivity (Wildman–Crippen MR) is 103 cm³/mol. The number of carboxylic acids is 2. The molecule has 2 aromatic carbocycles. The number of hydrogen-bond acceptors (Lipinski definition) is 5. The van der Waals surface area contributed by atoms with Crippen LogP contribution in [0.3, 0.4) is 0 Å². The summed E-state index contributed by atoms with van der Waals surface area (Å²) in [5.74, 6) is -1.94. The first-order valence-corrected chi connectivity index (χ1v) is 10.3. The quantitative estimate of drug-likeness (QED) is 0.486. The number of sulfonamides is 1. The highest BCUT2D eigenvalue weighted by molar-refractivity contribution is 7.89. The highest BCUT2D eigenvalue weighted by atomic mass is 32.2. The second-order valence-electron chi connectivity index (χ2n) is 6.32. The molecule has 0 radical (unpaired) electrons. The second-order valence-corrected chi connectivity index (χ2v) is 8.03. The molecule has 0 fully saturated rings. The van der Waals surface area contributed by atoms with Crippen LogP contribution in [0.4, 0.5) is 0 Å². The van der Waals surface area contributed by atoms with Gasteiger partial charge >= 0.3 is 11.9 Å². The lowest BCUT2D eigenvalue weighted by atomic mass is 10.1. The lowest BCUT2D eigenvalue weighted by Gasteiger charge is -2.14. The van der Waals surface area contributed by atoms with Crippen LogP contribution in [0.25, 0.3) is 10.8 Å². The zero-order valence-corrected chi connectivity index (χ0v) is 16.2. The van der Waals surface area contributed by atoms with Gasteiger partial charge in [-0.1, -0.05) is 25.5 Å². The van der Waals surface area contributed by atoms with Crippen molar-refractivity contribution >= 4 is 32.7 Å². The van der Waals surface area contributed by atoms with E-state index in [1.165, 1.54) is 12.1 Å². The van der Waals surface area contributed by atoms with E-state index in [1.807, 2.05) is 6.07 Å². The zero-order valence-electron chi connectivity index (χ0n) is 15.4. The summed E-state index contributed by atoms with van der Waals surface area (Å²) < 4.78 is 32.8. The van der Waals surface area contributed by atoms with Crippen molar-refractivity contribution in [2.75, 3.05) is 6.61 Å². The number of nitrogens with one attached hydrogen (secondary N) is 1. The van der Waals surface area contributed by atoms with Gasteiger partial charge in [-0.05, 0) is 47.9 Å². The van der Waals surface area contributed by atoms with Gasteiger partial charge in [-0.2, -0.15) is 4.72 Å². The number of hydrogen-bond donors (Lipinski definition) is 3. The Morgan fingerprint density at radius 2 is 1.79 bits per heavy atom. The molecule has 1 atom stereocenters. The third-order valence-electron chi connectivity index (χ3n) is 4.10. The maximum absolute atomic E-state index is 12.5. The molecule has 2 aromatic rings. The number of carboxylic acid groups (broad SMARTS) is 2. The standard InChI is InChI=1S/C19H23NO7S/c1-2-3-10-27-15-6-4-14-12-16(7-5-13(14)11-15)28(25,26)20-17(19(23)24)8-9-18(21)22/h4-7,11-12,17,20H,2-3,8-10H2,1H3,(H,21,22)(H,23,24)/t17-/m1/s1. The van der Waals surface area contributed by atoms with Crippen LogP contribution in [0.5, 0.6) is 5.75 Å². The molecule has 0 spiro atoms. The Labute approximate surface area is 163 Å². The smallest absolute Gasteiger partial charge is 0.321 e. The fraction of sp³-hybridized carbons (Fsp3) is 0.368. The van der Waals surface area contributed by atoms with Gasteiger partial charge in [0.1, 0.15) is 11.8 Å². The van der Waals surface area contributed by atoms with E-state index in [2.05, 4.69) is 11.6 Å². The first-order chi connectivity index (χ1) is 13.2. The molecule has 0 unspecified atom stereocenters. The molecule has 0 aliphatic rings. The monoisotopic (exact) mass is 409 g/mol. The van der Waals surface area contributed by atoms with Gasteiger partial charge < -0.3 is 14.9 Å². The SMILES string of the molecule is CCCCOc1ccc2cc(S(=O)(=O)N[C@H](CCC(=O)O)C(=O)O)ccc2c1. The average molecular weight is 409 g/mol. The van der Waals surface area contributed by atoms with Crippen LogP contribution in [0.1, 0.15) is 32.6 Å². The largest absolute Gasteiger partial charge is 0.494 e. The number of fused-ring (bicyclic) bond motifs is 1. The Morgan fingerprint density at radius 1 is 1.11 bits per heavy atom. The number of aliphatic carboxylic acids is 2. The fourth-order valence-corrected chi connectivity index (χ4v) is 3.81. The maximum Gasteiger partial charge on any atom is 0.321 e. The van der Waals surface area contributed by atoms with Crippen LogP contribution in [0, 0.1) is 0 Å². The number of ether oxygens (including phenoxy) is 1. The first kappa shape index (κ1) is 21.6. The Morgan fingerprint density at radius 3 is 2.43 bits per heavy atom. The van der Waals surface area contributed by atoms with Crippen LogP contribution in [-0.2, 0) is 19.6 Å². The average Bonchev–Trinajstić information content (AvgIpc) is 2.64. The fourth-order valence-electron chi connectivity index (χ4n) is 2.55. The number of carbonyl (C=O) groups is 2. The Bertz CT molecular complexity index is 956. The topological polar surface area (TPSA) is 130 Å². The van der Waals surface area contributed by atoms with Crippen LogP contribution in [0.2, 0.25) is 0 Å². The summed E-state index contributed by atoms with van der Waals surface area (Å²) in [6, 6.07) is 8.18. The molecule has 0 heterocycles. The molecule has 28 heavy (non-hydrogen) atoms. The summed E-state index contributed by atoms with van der Waals surface area (Å²) >= 11 is 0. The van der Waals surface area contributed by atoms with Crippen molar-refractivity contribution in [3.8, 4) is 5.75 Å². The second kappa shape index (κ2) is 9.52. The summed E-state index contributed by atoms with van der Waals surface area (Å²) in [4.78, 5) is 21.8. The van der Waals surface area contributed by atoms with Gasteiger partial charge in [-0.15, -0.1) is 0 Å². The van der Waals surface area contributed by atoms with E-state index in [0.717, 1.165) is 18.2 Å². The van der Waals surface area contributed by atoms with Gasteiger partial charge in [0, 0.05) is 6.42 Å². The molecule has 3 N–H and O–H groups in total. The van der Waals surface area contributed by atoms with E-state index in [-0.39, 0.29) is 11.3 Å². The zero-order chi connectivity index (χ0) is 20.7. The van der Waals surface area contributed by atoms with E-state index in [4.69, 9.17) is 14.9 Å². The summed E-state index contributed by atoms with van der Waals surface area (Å²) in [6.45, 7) is 2.67. The third kappa shape index (κ3) is 5.93. The minimum absolute atomic E-state index is 0.0961. The minimum Gasteiger partial charge on any atom is -0.494 e. The van der Waals surface area contributed by atoms with Gasteiger partial charge in [0.2, 0.25) is 10.0 Å². The van der Waals surface area contributed by atoms with Crippen LogP contribution in [-0.4, -0.2) is 43.2 Å². The van der Waals surface area contributed by atoms with Crippen molar-refractivity contribution in [3.63, 3.8) is 0 Å². The Balaban J connectivity index is 2.21. The maximum atomic E-state index is 12.5. The lowest BCUT2D eigenvalue weighted by Crippen LogP contribution is -2.41. The molecular formula is C19H23NO7S. The highest BCUT2D eigenvalue weighted by Gasteiger charge is 2.26. The molecule has 0 aromatic heterocycles. The van der Waals surface area contributed by atoms with Crippen molar-refractivity contribution in [1.82, 2.24) is 4.72 Å². The molecule has 0 amide bonds. The third-order valence-corrected chi connectivity index (χ3v) is 5.57. The molecule has 9 heteroatoms. The molecule has 0 saturated heterocycles. The molecule has 0 aliphatic heterocycles. The number of rotatable bonds is 11. The first-order valence-electron chi connectivity index (χ1n) is 8.86. The van der Waals surface area contributed by atoms with E-state index in [9.17, 15) is 18.0 Å². The Hall–Kier alpha value is -2.65. The van der Waals surface area contributed by atoms with E-state index < -0.39 is 34.4 Å². The summed E-state index contributed by atoms with van der Waals surface area (Å²) in [5.41, 5.74) is 0. The molecule has 0 saturated carbocycles. The summed E-state index contributed by atoms with van der Waals surface area (Å²) in [6.07, 6.45) is 1.15. The van der Waals surface area contributed by atoms with Gasteiger partial charge in [0.05, 0.1) is 11.5 Å². The Kier molecular flexibility index (Phi) is 7.36. The summed E-state index contributed by atoms with van der Waals surface area (Å²) in [5, 5.41) is 19.3. The molecular weight excluding hydrogens is 386 g/mol. The highest BCUT2D eigenvalue weighted by Crippen LogP contribution is 2.24. The van der Waals surface area contributed by atoms with Crippen molar-refractivity contribution in [2.24, 2.45) is 0 Å². The van der Waals surface area contributed by atoms with E-state index >= 15 is 0 Å². The van der Waals surface area contributed by atoms with Crippen LogP contribution >= 0.6 is 0 Å². The minimum atomic E-state index is -4.13. The van der Waals surface area contributed by atoms with E-state index in [0.29, 0.717) is 17.7 Å². The van der Waals surface area contributed by atoms with Crippen LogP contribution in [0.15, 0.2) is 41.3 Å².